The molecule has 3 N–H and O–H groups in total. The Morgan fingerprint density at radius 2 is 1.71 bits per heavy atom. The van der Waals surface area contributed by atoms with Gasteiger partial charge < -0.3 is 15.7 Å². The molecule has 210 valence electrons. The molecule has 2 aliphatic heterocycles. The van der Waals surface area contributed by atoms with Crippen molar-refractivity contribution < 1.29 is 14.7 Å². The zero-order valence-electron chi connectivity index (χ0n) is 23.0. The molecule has 6 heterocycles. The molecule has 1 amide bonds. The van der Waals surface area contributed by atoms with E-state index in [1.165, 1.54) is 29.9 Å². The number of aromatic nitrogens is 5. The van der Waals surface area contributed by atoms with E-state index in [2.05, 4.69) is 15.1 Å². The summed E-state index contributed by atoms with van der Waals surface area (Å²) in [6, 6.07) is 15.3. The van der Waals surface area contributed by atoms with Crippen LogP contribution in [0.4, 0.5) is 5.82 Å². The van der Waals surface area contributed by atoms with Crippen LogP contribution < -0.4 is 5.73 Å². The van der Waals surface area contributed by atoms with Crippen molar-refractivity contribution in [1.29, 1.82) is 0 Å². The first-order chi connectivity index (χ1) is 20.4. The number of nitrogens with zero attached hydrogens (tertiary/aromatic N) is 6. The van der Waals surface area contributed by atoms with E-state index in [0.717, 1.165) is 35.2 Å². The molecule has 2 fully saturated rings. The maximum atomic E-state index is 13.4. The molecule has 10 nitrogen and oxygen atoms in total. The molecule has 42 heavy (non-hydrogen) atoms. The molecule has 0 unspecified atom stereocenters. The van der Waals surface area contributed by atoms with Gasteiger partial charge in [0.05, 0.1) is 28.7 Å². The highest BCUT2D eigenvalue weighted by Gasteiger charge is 2.45. The lowest BCUT2D eigenvalue weighted by Gasteiger charge is -2.39. The van der Waals surface area contributed by atoms with E-state index in [0.29, 0.717) is 29.7 Å². The van der Waals surface area contributed by atoms with Gasteiger partial charge in [0.15, 0.2) is 11.4 Å². The number of hydrogen-bond acceptors (Lipinski definition) is 8. The van der Waals surface area contributed by atoms with Gasteiger partial charge in [0, 0.05) is 53.3 Å². The van der Waals surface area contributed by atoms with Crippen LogP contribution >= 0.6 is 0 Å². The third-order valence-electron chi connectivity index (χ3n) is 8.59. The number of nitrogen functional groups attached to an aromatic ring is 1. The molecule has 4 aromatic heterocycles. The fourth-order valence-electron chi connectivity index (χ4n) is 6.65. The average Bonchev–Trinajstić information content (AvgIpc) is 3.55. The average molecular weight is 560 g/mol. The fourth-order valence-corrected chi connectivity index (χ4v) is 6.65. The second-order valence-electron chi connectivity index (χ2n) is 11.1. The van der Waals surface area contributed by atoms with Gasteiger partial charge in [-0.1, -0.05) is 36.4 Å². The molecule has 0 spiro atoms. The number of hydrogen-bond donors (Lipinski definition) is 2. The lowest BCUT2D eigenvalue weighted by molar-refractivity contribution is 0.0565. The molecule has 7 rings (SSSR count). The van der Waals surface area contributed by atoms with Crippen LogP contribution in [-0.4, -0.2) is 58.3 Å². The minimum Gasteiger partial charge on any atom is -0.507 e. The Kier molecular flexibility index (Phi) is 6.18. The normalized spacial score (nSPS) is 19.7. The Morgan fingerprint density at radius 3 is 2.38 bits per heavy atom. The number of Topliss-reactive ketones (excluding diaryl/α,β-unsaturated/α-hetero) is 1. The number of carbonyl (C=O) groups excluding carboxylic acids is 2. The molecule has 2 saturated heterocycles. The number of rotatable bonds is 5. The van der Waals surface area contributed by atoms with Gasteiger partial charge in [-0.15, -0.1) is 0 Å². The molecule has 2 aliphatic rings. The van der Waals surface area contributed by atoms with Crippen molar-refractivity contribution in [2.24, 2.45) is 0 Å². The number of anilines is 1. The summed E-state index contributed by atoms with van der Waals surface area (Å²) in [5.41, 5.74) is 11.9. The molecule has 0 saturated carbocycles. The highest BCUT2D eigenvalue weighted by molar-refractivity contribution is 6.00. The Bertz CT molecular complexity index is 1820. The van der Waals surface area contributed by atoms with Gasteiger partial charge in [0.2, 0.25) is 0 Å². The van der Waals surface area contributed by atoms with Gasteiger partial charge in [0.25, 0.3) is 5.91 Å². The Hall–Kier alpha value is -5.12. The highest BCUT2D eigenvalue weighted by atomic mass is 16.3. The van der Waals surface area contributed by atoms with Crippen molar-refractivity contribution in [3.05, 3.63) is 90.1 Å². The molecule has 5 aromatic rings. The van der Waals surface area contributed by atoms with Gasteiger partial charge in [-0.2, -0.15) is 9.61 Å². The number of pyridine rings is 2. The standard InChI is InChI=1S/C32H29N7O3/c1-18(40)28-29(21-13-22-8-9-23(14-21)38(22)32(42)25-16-34-12-11-27(25)41)37-31-24(17-36-39(31)30(28)33)20-7-10-26(35-15-20)19-5-3-2-4-6-19/h2-7,10-12,15-17,21-23H,8-9,13-14,33H2,1H3,(H,34,41)/t21-,22-,23+. The van der Waals surface area contributed by atoms with Crippen molar-refractivity contribution in [2.45, 2.75) is 50.6 Å². The number of piperidine rings is 1. The van der Waals surface area contributed by atoms with Crippen LogP contribution in [0, 0.1) is 0 Å². The van der Waals surface area contributed by atoms with E-state index < -0.39 is 0 Å². The van der Waals surface area contributed by atoms with Crippen LogP contribution in [0.5, 0.6) is 5.75 Å². The predicted molar refractivity (Wildman–Crippen MR) is 157 cm³/mol. The number of fused-ring (bicyclic) bond motifs is 3. The quantitative estimate of drug-likeness (QED) is 0.290. The minimum atomic E-state index is -0.217. The van der Waals surface area contributed by atoms with Crippen LogP contribution in [0.3, 0.4) is 0 Å². The van der Waals surface area contributed by atoms with Crippen molar-refractivity contribution in [3.63, 3.8) is 0 Å². The first-order valence-corrected chi connectivity index (χ1v) is 14.1. The molecule has 2 bridgehead atoms. The maximum absolute atomic E-state index is 13.4. The summed E-state index contributed by atoms with van der Waals surface area (Å²) in [6.07, 6.45) is 9.35. The number of aromatic hydroxyl groups is 1. The highest BCUT2D eigenvalue weighted by Crippen LogP contribution is 2.45. The Morgan fingerprint density at radius 1 is 0.952 bits per heavy atom. The summed E-state index contributed by atoms with van der Waals surface area (Å²) in [5, 5.41) is 14.8. The molecule has 0 aliphatic carbocycles. The zero-order valence-corrected chi connectivity index (χ0v) is 23.0. The van der Waals surface area contributed by atoms with E-state index in [9.17, 15) is 14.7 Å². The molecular formula is C32H29N7O3. The lowest BCUT2D eigenvalue weighted by atomic mass is 9.85. The van der Waals surface area contributed by atoms with Crippen LogP contribution in [0.2, 0.25) is 0 Å². The van der Waals surface area contributed by atoms with Gasteiger partial charge in [-0.25, -0.2) is 4.98 Å². The Labute approximate surface area is 241 Å². The van der Waals surface area contributed by atoms with Gasteiger partial charge in [-0.3, -0.25) is 19.6 Å². The monoisotopic (exact) mass is 559 g/mol. The largest absolute Gasteiger partial charge is 0.507 e. The fraction of sp³-hybridized carbons (Fsp3) is 0.250. The SMILES string of the molecule is CC(=O)c1c([C@@H]2C[C@H]3CC[C@@H](C2)N3C(=O)c2cnccc2O)nc2c(-c3ccc(-c4ccccc4)nc3)cnn2c1N. The Balaban J connectivity index is 1.25. The number of nitrogens with two attached hydrogens (primary N) is 1. The van der Waals surface area contributed by atoms with Crippen molar-refractivity contribution in [1.82, 2.24) is 29.5 Å². The molecule has 1 aromatic carbocycles. The van der Waals surface area contributed by atoms with E-state index in [1.54, 1.807) is 12.4 Å². The van der Waals surface area contributed by atoms with E-state index in [4.69, 9.17) is 10.7 Å². The zero-order chi connectivity index (χ0) is 29.0. The minimum absolute atomic E-state index is 0.0426. The second kappa shape index (κ2) is 10.1. The third-order valence-corrected chi connectivity index (χ3v) is 8.59. The molecule has 3 atom stereocenters. The summed E-state index contributed by atoms with van der Waals surface area (Å²) in [4.78, 5) is 42.0. The molecule has 10 heteroatoms. The summed E-state index contributed by atoms with van der Waals surface area (Å²) in [6.45, 7) is 1.50. The number of carbonyl (C=O) groups is 2. The number of benzene rings is 1. The van der Waals surface area contributed by atoms with Gasteiger partial charge >= 0.3 is 0 Å². The van der Waals surface area contributed by atoms with Crippen molar-refractivity contribution >= 4 is 23.2 Å². The van der Waals surface area contributed by atoms with Crippen molar-refractivity contribution in [2.75, 3.05) is 5.73 Å². The summed E-state index contributed by atoms with van der Waals surface area (Å²) in [5.74, 6) is -0.273. The molecular weight excluding hydrogens is 530 g/mol. The first kappa shape index (κ1) is 25.8. The predicted octanol–water partition coefficient (Wildman–Crippen LogP) is 4.89. The van der Waals surface area contributed by atoms with Crippen LogP contribution in [0.25, 0.3) is 28.0 Å². The summed E-state index contributed by atoms with van der Waals surface area (Å²) >= 11 is 0. The van der Waals surface area contributed by atoms with Crippen LogP contribution in [0.15, 0.2) is 73.3 Å². The smallest absolute Gasteiger partial charge is 0.259 e. The van der Waals surface area contributed by atoms with Gasteiger partial charge in [-0.05, 0) is 44.7 Å². The number of amides is 1. The van der Waals surface area contributed by atoms with E-state index in [1.807, 2.05) is 47.4 Å². The van der Waals surface area contributed by atoms with E-state index >= 15 is 0 Å². The lowest BCUT2D eigenvalue weighted by Crippen LogP contribution is -2.46. The summed E-state index contributed by atoms with van der Waals surface area (Å²) in [7, 11) is 0. The third kappa shape index (κ3) is 4.18. The number of ketones is 1. The van der Waals surface area contributed by atoms with E-state index in [-0.39, 0.29) is 46.8 Å². The van der Waals surface area contributed by atoms with Gasteiger partial charge in [0.1, 0.15) is 11.6 Å². The van der Waals surface area contributed by atoms with Crippen molar-refractivity contribution in [3.8, 4) is 28.1 Å². The van der Waals surface area contributed by atoms with Crippen LogP contribution in [0.1, 0.15) is 64.9 Å². The first-order valence-electron chi connectivity index (χ1n) is 14.1. The maximum Gasteiger partial charge on any atom is 0.259 e. The summed E-state index contributed by atoms with van der Waals surface area (Å²) < 4.78 is 1.53. The molecule has 0 radical (unpaired) electrons. The topological polar surface area (TPSA) is 140 Å². The second-order valence-corrected chi connectivity index (χ2v) is 11.1. The van der Waals surface area contributed by atoms with Crippen LogP contribution in [-0.2, 0) is 0 Å².